The van der Waals surface area contributed by atoms with Crippen molar-refractivity contribution in [1.82, 2.24) is 10.1 Å². The molecule has 16 heavy (non-hydrogen) atoms. The summed E-state index contributed by atoms with van der Waals surface area (Å²) in [7, 11) is 1.53. The first-order chi connectivity index (χ1) is 7.76. The molecule has 2 rings (SSSR count). The maximum absolute atomic E-state index is 10.9. The van der Waals surface area contributed by atoms with Gasteiger partial charge in [0, 0.05) is 12.5 Å². The minimum Gasteiger partial charge on any atom is -0.496 e. The van der Waals surface area contributed by atoms with E-state index in [1.54, 1.807) is 25.1 Å². The molecular formula is C11H10N2O3. The molecule has 0 amide bonds. The van der Waals surface area contributed by atoms with E-state index >= 15 is 0 Å². The number of hydrogen-bond acceptors (Lipinski definition) is 5. The number of aldehydes is 1. The number of benzene rings is 1. The zero-order valence-electron chi connectivity index (χ0n) is 8.93. The van der Waals surface area contributed by atoms with Crippen molar-refractivity contribution in [3.05, 3.63) is 29.7 Å². The number of methoxy groups -OCH3 is 1. The largest absolute Gasteiger partial charge is 0.496 e. The summed E-state index contributed by atoms with van der Waals surface area (Å²) in [5, 5.41) is 3.78. The van der Waals surface area contributed by atoms with E-state index in [2.05, 4.69) is 10.1 Å². The summed E-state index contributed by atoms with van der Waals surface area (Å²) in [6, 6.07) is 5.16. The van der Waals surface area contributed by atoms with Crippen LogP contribution in [-0.2, 0) is 0 Å². The minimum atomic E-state index is 0.358. The average molecular weight is 218 g/mol. The van der Waals surface area contributed by atoms with Crippen LogP contribution in [0, 0.1) is 6.92 Å². The third-order valence-corrected chi connectivity index (χ3v) is 2.16. The van der Waals surface area contributed by atoms with Gasteiger partial charge in [-0.2, -0.15) is 4.98 Å². The van der Waals surface area contributed by atoms with Crippen LogP contribution in [0.15, 0.2) is 22.7 Å². The molecule has 1 heterocycles. The Kier molecular flexibility index (Phi) is 2.68. The van der Waals surface area contributed by atoms with Crippen molar-refractivity contribution in [1.29, 1.82) is 0 Å². The number of aromatic nitrogens is 2. The molecule has 0 aliphatic heterocycles. The highest BCUT2D eigenvalue weighted by molar-refractivity contribution is 5.88. The Morgan fingerprint density at radius 1 is 1.44 bits per heavy atom. The smallest absolute Gasteiger partial charge is 0.223 e. The number of carbonyl (C=O) groups is 1. The fourth-order valence-electron chi connectivity index (χ4n) is 1.46. The van der Waals surface area contributed by atoms with Crippen molar-refractivity contribution in [2.45, 2.75) is 6.92 Å². The van der Waals surface area contributed by atoms with Gasteiger partial charge in [-0.1, -0.05) is 17.3 Å². The number of nitrogens with zero attached hydrogens (tertiary/aromatic N) is 2. The quantitative estimate of drug-likeness (QED) is 0.736. The molecule has 0 aliphatic rings. The SMILES string of the molecule is COc1cccc(C=O)c1-c1noc(C)n1. The zero-order valence-corrected chi connectivity index (χ0v) is 8.93. The standard InChI is InChI=1S/C11H10N2O3/c1-7-12-11(13-16-7)10-8(6-14)4-3-5-9(10)15-2/h3-6H,1-2H3. The molecule has 0 bridgehead atoms. The molecule has 0 saturated heterocycles. The van der Waals surface area contributed by atoms with E-state index < -0.39 is 0 Å². The summed E-state index contributed by atoms with van der Waals surface area (Å²) in [6.07, 6.45) is 0.740. The summed E-state index contributed by atoms with van der Waals surface area (Å²) in [6.45, 7) is 1.69. The van der Waals surface area contributed by atoms with E-state index in [9.17, 15) is 4.79 Å². The molecule has 0 radical (unpaired) electrons. The van der Waals surface area contributed by atoms with Gasteiger partial charge in [0.1, 0.15) is 5.75 Å². The van der Waals surface area contributed by atoms with Crippen LogP contribution in [-0.4, -0.2) is 23.5 Å². The van der Waals surface area contributed by atoms with E-state index in [-0.39, 0.29) is 0 Å². The summed E-state index contributed by atoms with van der Waals surface area (Å²) in [4.78, 5) is 15.0. The van der Waals surface area contributed by atoms with Crippen molar-refractivity contribution >= 4 is 6.29 Å². The maximum atomic E-state index is 10.9. The van der Waals surface area contributed by atoms with Crippen LogP contribution in [0.4, 0.5) is 0 Å². The van der Waals surface area contributed by atoms with Gasteiger partial charge in [0.2, 0.25) is 11.7 Å². The highest BCUT2D eigenvalue weighted by Gasteiger charge is 2.15. The Morgan fingerprint density at radius 3 is 2.81 bits per heavy atom. The van der Waals surface area contributed by atoms with E-state index in [4.69, 9.17) is 9.26 Å². The molecule has 2 aromatic rings. The monoisotopic (exact) mass is 218 g/mol. The number of ether oxygens (including phenoxy) is 1. The van der Waals surface area contributed by atoms with Crippen LogP contribution < -0.4 is 4.74 Å². The fourth-order valence-corrected chi connectivity index (χ4v) is 1.46. The topological polar surface area (TPSA) is 65.2 Å². The summed E-state index contributed by atoms with van der Waals surface area (Å²) >= 11 is 0. The molecule has 0 atom stereocenters. The van der Waals surface area contributed by atoms with Crippen LogP contribution in [0.2, 0.25) is 0 Å². The van der Waals surface area contributed by atoms with Gasteiger partial charge in [-0.25, -0.2) is 0 Å². The van der Waals surface area contributed by atoms with Crippen LogP contribution in [0.25, 0.3) is 11.4 Å². The molecule has 0 saturated carbocycles. The lowest BCUT2D eigenvalue weighted by atomic mass is 10.1. The average Bonchev–Trinajstić information content (AvgIpc) is 2.74. The van der Waals surface area contributed by atoms with Crippen molar-refractivity contribution in [3.63, 3.8) is 0 Å². The van der Waals surface area contributed by atoms with Gasteiger partial charge in [-0.3, -0.25) is 4.79 Å². The fraction of sp³-hybridized carbons (Fsp3) is 0.182. The van der Waals surface area contributed by atoms with Crippen molar-refractivity contribution in [2.75, 3.05) is 7.11 Å². The van der Waals surface area contributed by atoms with Crippen LogP contribution in [0.5, 0.6) is 5.75 Å². The molecule has 0 aliphatic carbocycles. The maximum Gasteiger partial charge on any atom is 0.223 e. The first kappa shape index (κ1) is 10.4. The normalized spacial score (nSPS) is 10.1. The summed E-state index contributed by atoms with van der Waals surface area (Å²) in [5.41, 5.74) is 1.03. The molecule has 0 fully saturated rings. The molecule has 0 unspecified atom stereocenters. The first-order valence-corrected chi connectivity index (χ1v) is 4.69. The van der Waals surface area contributed by atoms with E-state index in [1.807, 2.05) is 0 Å². The number of aryl methyl sites for hydroxylation is 1. The molecule has 1 aromatic carbocycles. The Bertz CT molecular complexity index is 520. The lowest BCUT2D eigenvalue weighted by molar-refractivity contribution is 0.112. The summed E-state index contributed by atoms with van der Waals surface area (Å²) in [5.74, 6) is 1.35. The predicted octanol–water partition coefficient (Wildman–Crippen LogP) is 1.87. The van der Waals surface area contributed by atoms with Gasteiger partial charge in [0.25, 0.3) is 0 Å². The second kappa shape index (κ2) is 4.14. The van der Waals surface area contributed by atoms with E-state index in [0.717, 1.165) is 6.29 Å². The highest BCUT2D eigenvalue weighted by atomic mass is 16.5. The van der Waals surface area contributed by atoms with Gasteiger partial charge in [0.15, 0.2) is 6.29 Å². The Hall–Kier alpha value is -2.17. The number of carbonyl (C=O) groups excluding carboxylic acids is 1. The third kappa shape index (κ3) is 1.67. The third-order valence-electron chi connectivity index (χ3n) is 2.16. The van der Waals surface area contributed by atoms with E-state index in [0.29, 0.717) is 28.6 Å². The van der Waals surface area contributed by atoms with Crippen LogP contribution in [0.3, 0.4) is 0 Å². The number of hydrogen-bond donors (Lipinski definition) is 0. The molecule has 1 aromatic heterocycles. The molecule has 0 spiro atoms. The Labute approximate surface area is 92.0 Å². The van der Waals surface area contributed by atoms with Gasteiger partial charge in [-0.05, 0) is 6.07 Å². The van der Waals surface area contributed by atoms with Crippen LogP contribution >= 0.6 is 0 Å². The van der Waals surface area contributed by atoms with Crippen molar-refractivity contribution < 1.29 is 14.1 Å². The Morgan fingerprint density at radius 2 is 2.25 bits per heavy atom. The van der Waals surface area contributed by atoms with E-state index in [1.165, 1.54) is 7.11 Å². The Balaban J connectivity index is 2.65. The molecule has 0 N–H and O–H groups in total. The molecule has 82 valence electrons. The second-order valence-corrected chi connectivity index (χ2v) is 3.18. The van der Waals surface area contributed by atoms with Gasteiger partial charge < -0.3 is 9.26 Å². The van der Waals surface area contributed by atoms with Gasteiger partial charge >= 0.3 is 0 Å². The molecular weight excluding hydrogens is 208 g/mol. The van der Waals surface area contributed by atoms with Crippen LogP contribution in [0.1, 0.15) is 16.2 Å². The summed E-state index contributed by atoms with van der Waals surface area (Å²) < 4.78 is 10.1. The van der Waals surface area contributed by atoms with Crippen molar-refractivity contribution in [3.8, 4) is 17.1 Å². The number of rotatable bonds is 3. The van der Waals surface area contributed by atoms with Crippen molar-refractivity contribution in [2.24, 2.45) is 0 Å². The second-order valence-electron chi connectivity index (χ2n) is 3.18. The first-order valence-electron chi connectivity index (χ1n) is 4.69. The lowest BCUT2D eigenvalue weighted by Crippen LogP contribution is -1.94. The zero-order chi connectivity index (χ0) is 11.5. The van der Waals surface area contributed by atoms with Gasteiger partial charge in [0.05, 0.1) is 12.7 Å². The predicted molar refractivity (Wildman–Crippen MR) is 56.4 cm³/mol. The molecule has 5 heteroatoms. The minimum absolute atomic E-state index is 0.358. The highest BCUT2D eigenvalue weighted by Crippen LogP contribution is 2.30. The van der Waals surface area contributed by atoms with Gasteiger partial charge in [-0.15, -0.1) is 0 Å². The lowest BCUT2D eigenvalue weighted by Gasteiger charge is -2.06. The molecule has 5 nitrogen and oxygen atoms in total.